The standard InChI is InChI=1S/C24H26N4O2/c29-20-14-24(17-28(16-20)23(30)19-5-3-10-25-15-19)8-12-27(13-9-24)22-21-6-2-1-4-18(21)7-11-26-22/h1-7,10-11,15,20,29H,8-9,12-14,16-17H2. The van der Waals surface area contributed by atoms with Gasteiger partial charge in [0.15, 0.2) is 0 Å². The van der Waals surface area contributed by atoms with Crippen LogP contribution in [0.3, 0.4) is 0 Å². The fraction of sp³-hybridized carbons (Fsp3) is 0.375. The van der Waals surface area contributed by atoms with Gasteiger partial charge in [-0.15, -0.1) is 0 Å². The molecule has 2 aromatic heterocycles. The van der Waals surface area contributed by atoms with Gasteiger partial charge in [0.05, 0.1) is 11.7 Å². The molecule has 6 heteroatoms. The lowest BCUT2D eigenvalue weighted by Gasteiger charge is -2.49. The van der Waals surface area contributed by atoms with E-state index < -0.39 is 6.10 Å². The molecule has 2 fully saturated rings. The number of hydrogen-bond donors (Lipinski definition) is 1. The highest BCUT2D eigenvalue weighted by Gasteiger charge is 2.43. The number of β-amino-alcohol motifs (C(OH)–C–C–N with tert-alkyl or cyclic N) is 1. The van der Waals surface area contributed by atoms with E-state index in [1.807, 2.05) is 17.2 Å². The minimum absolute atomic E-state index is 0.0422. The number of carbonyl (C=O) groups excluding carboxylic acids is 1. The number of carbonyl (C=O) groups is 1. The Kier molecular flexibility index (Phi) is 4.87. The van der Waals surface area contributed by atoms with E-state index in [4.69, 9.17) is 0 Å². The number of aromatic nitrogens is 2. The Morgan fingerprint density at radius 3 is 2.70 bits per heavy atom. The van der Waals surface area contributed by atoms with Crippen molar-refractivity contribution in [3.8, 4) is 0 Å². The number of fused-ring (bicyclic) bond motifs is 1. The Morgan fingerprint density at radius 2 is 1.90 bits per heavy atom. The Balaban J connectivity index is 1.33. The number of pyridine rings is 2. The van der Waals surface area contributed by atoms with Crippen LogP contribution in [0.1, 0.15) is 29.6 Å². The first-order chi connectivity index (χ1) is 14.6. The maximum Gasteiger partial charge on any atom is 0.255 e. The molecule has 154 valence electrons. The zero-order valence-corrected chi connectivity index (χ0v) is 16.9. The molecule has 2 saturated heterocycles. The van der Waals surface area contributed by atoms with Gasteiger partial charge in [-0.1, -0.05) is 24.3 Å². The summed E-state index contributed by atoms with van der Waals surface area (Å²) in [6.07, 6.45) is 7.28. The van der Waals surface area contributed by atoms with Crippen LogP contribution in [0.5, 0.6) is 0 Å². The minimum atomic E-state index is -0.485. The van der Waals surface area contributed by atoms with Crippen molar-refractivity contribution in [3.05, 3.63) is 66.6 Å². The molecule has 2 aliphatic rings. The van der Waals surface area contributed by atoms with Crippen LogP contribution < -0.4 is 4.90 Å². The second kappa shape index (κ2) is 7.69. The largest absolute Gasteiger partial charge is 0.391 e. The van der Waals surface area contributed by atoms with Gasteiger partial charge in [-0.3, -0.25) is 9.78 Å². The second-order valence-corrected chi connectivity index (χ2v) is 8.63. The molecule has 2 aliphatic heterocycles. The number of piperidine rings is 2. The number of aliphatic hydroxyl groups excluding tert-OH is 1. The molecule has 0 radical (unpaired) electrons. The van der Waals surface area contributed by atoms with E-state index >= 15 is 0 Å². The fourth-order valence-corrected chi connectivity index (χ4v) is 5.09. The molecule has 1 spiro atoms. The van der Waals surface area contributed by atoms with Crippen molar-refractivity contribution in [2.45, 2.75) is 25.4 Å². The number of anilines is 1. The Bertz CT molecular complexity index is 1040. The van der Waals surface area contributed by atoms with Crippen molar-refractivity contribution in [3.63, 3.8) is 0 Å². The molecule has 1 amide bonds. The number of nitrogens with zero attached hydrogens (tertiary/aromatic N) is 4. The Labute approximate surface area is 176 Å². The molecule has 1 N–H and O–H groups in total. The summed E-state index contributed by atoms with van der Waals surface area (Å²) in [5.41, 5.74) is 0.538. The number of amides is 1. The molecular weight excluding hydrogens is 376 g/mol. The molecule has 0 saturated carbocycles. The summed E-state index contributed by atoms with van der Waals surface area (Å²) in [5, 5.41) is 13.0. The van der Waals surface area contributed by atoms with Gasteiger partial charge in [0, 0.05) is 50.2 Å². The van der Waals surface area contributed by atoms with Crippen LogP contribution in [-0.2, 0) is 0 Å². The van der Waals surface area contributed by atoms with Crippen molar-refractivity contribution < 1.29 is 9.90 Å². The SMILES string of the molecule is O=C(c1cccnc1)N1CC(O)CC2(CCN(c3nccc4ccccc34)CC2)C1. The average molecular weight is 402 g/mol. The number of rotatable bonds is 2. The Hall–Kier alpha value is -2.99. The highest BCUT2D eigenvalue weighted by molar-refractivity contribution is 5.94. The highest BCUT2D eigenvalue weighted by Crippen LogP contribution is 2.41. The second-order valence-electron chi connectivity index (χ2n) is 8.63. The van der Waals surface area contributed by atoms with Crippen molar-refractivity contribution in [2.75, 3.05) is 31.1 Å². The van der Waals surface area contributed by atoms with Gasteiger partial charge < -0.3 is 14.9 Å². The van der Waals surface area contributed by atoms with Crippen LogP contribution in [0.4, 0.5) is 5.82 Å². The first kappa shape index (κ1) is 19.0. The zero-order valence-electron chi connectivity index (χ0n) is 16.9. The van der Waals surface area contributed by atoms with E-state index in [1.54, 1.807) is 24.5 Å². The summed E-state index contributed by atoms with van der Waals surface area (Å²) < 4.78 is 0. The van der Waals surface area contributed by atoms with Gasteiger partial charge in [-0.2, -0.15) is 0 Å². The van der Waals surface area contributed by atoms with Crippen LogP contribution in [0.25, 0.3) is 10.8 Å². The molecule has 6 nitrogen and oxygen atoms in total. The lowest BCUT2D eigenvalue weighted by molar-refractivity contribution is -0.0150. The van der Waals surface area contributed by atoms with Gasteiger partial charge in [0.25, 0.3) is 5.91 Å². The number of aliphatic hydroxyl groups is 1. The third kappa shape index (κ3) is 3.52. The van der Waals surface area contributed by atoms with Crippen molar-refractivity contribution in [2.24, 2.45) is 5.41 Å². The highest BCUT2D eigenvalue weighted by atomic mass is 16.3. The lowest BCUT2D eigenvalue weighted by Crippen LogP contribution is -2.55. The van der Waals surface area contributed by atoms with E-state index in [0.717, 1.165) is 38.2 Å². The van der Waals surface area contributed by atoms with Crippen LogP contribution >= 0.6 is 0 Å². The van der Waals surface area contributed by atoms with Crippen molar-refractivity contribution in [1.82, 2.24) is 14.9 Å². The van der Waals surface area contributed by atoms with E-state index in [2.05, 4.69) is 39.1 Å². The van der Waals surface area contributed by atoms with Crippen LogP contribution in [0, 0.1) is 5.41 Å². The van der Waals surface area contributed by atoms with Crippen LogP contribution in [0.2, 0.25) is 0 Å². The molecule has 1 unspecified atom stereocenters. The van der Waals surface area contributed by atoms with Gasteiger partial charge in [0.2, 0.25) is 0 Å². The predicted molar refractivity (Wildman–Crippen MR) is 116 cm³/mol. The molecule has 5 rings (SSSR count). The van der Waals surface area contributed by atoms with E-state index in [0.29, 0.717) is 18.7 Å². The summed E-state index contributed by atoms with van der Waals surface area (Å²) in [6, 6.07) is 14.0. The number of hydrogen-bond acceptors (Lipinski definition) is 5. The van der Waals surface area contributed by atoms with Crippen LogP contribution in [0.15, 0.2) is 61.1 Å². The van der Waals surface area contributed by atoms with E-state index in [1.165, 1.54) is 10.8 Å². The van der Waals surface area contributed by atoms with Gasteiger partial charge in [-0.25, -0.2) is 4.98 Å². The molecule has 0 aliphatic carbocycles. The quantitative estimate of drug-likeness (QED) is 0.713. The molecule has 4 heterocycles. The molecule has 1 aromatic carbocycles. The normalized spacial score (nSPS) is 21.2. The van der Waals surface area contributed by atoms with E-state index in [-0.39, 0.29) is 11.3 Å². The molecule has 3 aromatic rings. The van der Waals surface area contributed by atoms with Crippen molar-refractivity contribution >= 4 is 22.5 Å². The third-order valence-electron chi connectivity index (χ3n) is 6.60. The van der Waals surface area contributed by atoms with Gasteiger partial charge in [-0.05, 0) is 48.3 Å². The van der Waals surface area contributed by atoms with E-state index in [9.17, 15) is 9.90 Å². The topological polar surface area (TPSA) is 69.6 Å². The van der Waals surface area contributed by atoms with Crippen LogP contribution in [-0.4, -0.2) is 58.2 Å². The van der Waals surface area contributed by atoms with Crippen molar-refractivity contribution in [1.29, 1.82) is 0 Å². The molecular formula is C24H26N4O2. The average Bonchev–Trinajstić information content (AvgIpc) is 2.79. The fourth-order valence-electron chi connectivity index (χ4n) is 5.09. The maximum atomic E-state index is 13.0. The molecule has 1 atom stereocenters. The zero-order chi connectivity index (χ0) is 20.6. The Morgan fingerprint density at radius 1 is 1.07 bits per heavy atom. The summed E-state index contributed by atoms with van der Waals surface area (Å²) in [7, 11) is 0. The number of benzene rings is 1. The van der Waals surface area contributed by atoms with Gasteiger partial charge >= 0.3 is 0 Å². The first-order valence-electron chi connectivity index (χ1n) is 10.6. The maximum absolute atomic E-state index is 13.0. The number of likely N-dealkylation sites (tertiary alicyclic amines) is 1. The smallest absolute Gasteiger partial charge is 0.255 e. The summed E-state index contributed by atoms with van der Waals surface area (Å²) in [6.45, 7) is 2.84. The molecule has 0 bridgehead atoms. The van der Waals surface area contributed by atoms with Gasteiger partial charge in [0.1, 0.15) is 5.82 Å². The summed E-state index contributed by atoms with van der Waals surface area (Å²) in [5.74, 6) is 0.988. The lowest BCUT2D eigenvalue weighted by atomic mass is 9.71. The molecule has 30 heavy (non-hydrogen) atoms. The summed E-state index contributed by atoms with van der Waals surface area (Å²) >= 11 is 0. The minimum Gasteiger partial charge on any atom is -0.391 e. The first-order valence-corrected chi connectivity index (χ1v) is 10.6. The third-order valence-corrected chi connectivity index (χ3v) is 6.60. The monoisotopic (exact) mass is 402 g/mol. The summed E-state index contributed by atoms with van der Waals surface area (Å²) in [4.78, 5) is 25.9. The predicted octanol–water partition coefficient (Wildman–Crippen LogP) is 3.12.